The van der Waals surface area contributed by atoms with E-state index in [2.05, 4.69) is 31.0 Å². The van der Waals surface area contributed by atoms with Crippen molar-refractivity contribution in [1.29, 1.82) is 0 Å². The van der Waals surface area contributed by atoms with E-state index in [0.717, 1.165) is 25.2 Å². The number of nitrogens with one attached hydrogen (secondary N) is 1. The molecule has 0 radical (unpaired) electrons. The van der Waals surface area contributed by atoms with E-state index < -0.39 is 0 Å². The number of hydrogen-bond acceptors (Lipinski definition) is 3. The summed E-state index contributed by atoms with van der Waals surface area (Å²) in [6, 6.07) is 6.02. The molecule has 0 spiro atoms. The molecule has 1 aliphatic rings. The van der Waals surface area contributed by atoms with Gasteiger partial charge in [-0.3, -0.25) is 9.69 Å². The van der Waals surface area contributed by atoms with Crippen molar-refractivity contribution in [3.05, 3.63) is 29.3 Å². The molecule has 0 bridgehead atoms. The van der Waals surface area contributed by atoms with Crippen LogP contribution in [0.2, 0.25) is 0 Å². The van der Waals surface area contributed by atoms with Crippen LogP contribution in [0.5, 0.6) is 0 Å². The van der Waals surface area contributed by atoms with Crippen molar-refractivity contribution < 1.29 is 4.79 Å². The molecule has 2 rings (SSSR count). The summed E-state index contributed by atoms with van der Waals surface area (Å²) < 4.78 is 0. The van der Waals surface area contributed by atoms with Crippen LogP contribution in [-0.2, 0) is 4.79 Å². The lowest BCUT2D eigenvalue weighted by Gasteiger charge is -2.36. The summed E-state index contributed by atoms with van der Waals surface area (Å²) in [6.07, 6.45) is 1.12. The third kappa shape index (κ3) is 4.29. The monoisotopic (exact) mass is 289 g/mol. The molecule has 116 valence electrons. The first-order valence-electron chi connectivity index (χ1n) is 7.79. The van der Waals surface area contributed by atoms with Crippen LogP contribution in [0.15, 0.2) is 18.2 Å². The van der Waals surface area contributed by atoms with Gasteiger partial charge in [0.05, 0.1) is 6.54 Å². The molecule has 1 aromatic rings. The summed E-state index contributed by atoms with van der Waals surface area (Å²) >= 11 is 0. The molecule has 1 heterocycles. The number of piperidine rings is 1. The average molecular weight is 289 g/mol. The van der Waals surface area contributed by atoms with Gasteiger partial charge in [-0.1, -0.05) is 13.0 Å². The number of hydrogen-bond donors (Lipinski definition) is 2. The molecule has 0 saturated carbocycles. The van der Waals surface area contributed by atoms with Gasteiger partial charge >= 0.3 is 0 Å². The first-order valence-corrected chi connectivity index (χ1v) is 7.79. The predicted molar refractivity (Wildman–Crippen MR) is 87.3 cm³/mol. The van der Waals surface area contributed by atoms with E-state index in [1.165, 1.54) is 11.1 Å². The number of rotatable bonds is 4. The number of carbonyl (C=O) groups is 1. The predicted octanol–water partition coefficient (Wildman–Crippen LogP) is 2.16. The van der Waals surface area contributed by atoms with Gasteiger partial charge in [0, 0.05) is 12.2 Å². The molecule has 2 atom stereocenters. The first kappa shape index (κ1) is 16.0. The minimum absolute atomic E-state index is 0.0589. The fourth-order valence-corrected chi connectivity index (χ4v) is 2.90. The zero-order chi connectivity index (χ0) is 15.4. The molecule has 4 nitrogen and oxygen atoms in total. The number of nitrogens with zero attached hydrogens (tertiary/aromatic N) is 1. The molecule has 21 heavy (non-hydrogen) atoms. The fraction of sp³-hybridized carbons (Fsp3) is 0.588. The minimum Gasteiger partial charge on any atom is -0.330 e. The van der Waals surface area contributed by atoms with Gasteiger partial charge < -0.3 is 11.1 Å². The number of benzene rings is 1. The van der Waals surface area contributed by atoms with Crippen molar-refractivity contribution in [2.75, 3.05) is 31.5 Å². The number of carbonyl (C=O) groups excluding carboxylic acids is 1. The largest absolute Gasteiger partial charge is 0.330 e. The number of nitrogens with two attached hydrogens (primary N) is 1. The van der Waals surface area contributed by atoms with Crippen molar-refractivity contribution in [1.82, 2.24) is 4.90 Å². The second kappa shape index (κ2) is 7.05. The molecule has 1 amide bonds. The molecule has 1 saturated heterocycles. The number of anilines is 1. The van der Waals surface area contributed by atoms with Crippen molar-refractivity contribution in [2.24, 2.45) is 17.6 Å². The Morgan fingerprint density at radius 2 is 2.14 bits per heavy atom. The second-order valence-electron chi connectivity index (χ2n) is 6.34. The maximum absolute atomic E-state index is 12.2. The molecule has 0 aromatic heterocycles. The van der Waals surface area contributed by atoms with Crippen LogP contribution in [0.25, 0.3) is 0 Å². The van der Waals surface area contributed by atoms with Crippen LogP contribution in [-0.4, -0.2) is 37.0 Å². The van der Waals surface area contributed by atoms with Gasteiger partial charge in [-0.25, -0.2) is 0 Å². The quantitative estimate of drug-likeness (QED) is 0.893. The molecule has 4 heteroatoms. The summed E-state index contributed by atoms with van der Waals surface area (Å²) in [4.78, 5) is 14.4. The third-order valence-corrected chi connectivity index (χ3v) is 4.66. The summed E-state index contributed by atoms with van der Waals surface area (Å²) in [6.45, 7) is 9.46. The molecule has 1 aliphatic heterocycles. The van der Waals surface area contributed by atoms with Crippen LogP contribution in [0.3, 0.4) is 0 Å². The standard InChI is InChI=1S/C17H27N3O/c1-12-4-5-16(8-14(12)3)19-17(21)11-20-7-6-13(2)15(9-18)10-20/h4-5,8,13,15H,6-7,9-11,18H2,1-3H3,(H,19,21). The summed E-state index contributed by atoms with van der Waals surface area (Å²) in [5.74, 6) is 1.23. The van der Waals surface area contributed by atoms with E-state index in [0.29, 0.717) is 24.9 Å². The lowest BCUT2D eigenvalue weighted by atomic mass is 9.87. The Morgan fingerprint density at radius 1 is 1.38 bits per heavy atom. The Morgan fingerprint density at radius 3 is 2.81 bits per heavy atom. The topological polar surface area (TPSA) is 58.4 Å². The zero-order valence-electron chi connectivity index (χ0n) is 13.4. The highest BCUT2D eigenvalue weighted by Gasteiger charge is 2.26. The van der Waals surface area contributed by atoms with Crippen LogP contribution in [0, 0.1) is 25.7 Å². The van der Waals surface area contributed by atoms with Crippen molar-refractivity contribution in [3.63, 3.8) is 0 Å². The van der Waals surface area contributed by atoms with E-state index in [1.807, 2.05) is 18.2 Å². The summed E-state index contributed by atoms with van der Waals surface area (Å²) in [5, 5.41) is 2.99. The van der Waals surface area contributed by atoms with E-state index >= 15 is 0 Å². The fourth-order valence-electron chi connectivity index (χ4n) is 2.90. The molecular weight excluding hydrogens is 262 g/mol. The molecule has 3 N–H and O–H groups in total. The highest BCUT2D eigenvalue weighted by atomic mass is 16.2. The number of aryl methyl sites for hydroxylation is 2. The van der Waals surface area contributed by atoms with E-state index in [-0.39, 0.29) is 5.91 Å². The first-order chi connectivity index (χ1) is 9.99. The Hall–Kier alpha value is -1.39. The Balaban J connectivity index is 1.88. The highest BCUT2D eigenvalue weighted by molar-refractivity contribution is 5.92. The normalized spacial score (nSPS) is 23.0. The molecule has 0 aliphatic carbocycles. The number of amides is 1. The lowest BCUT2D eigenvalue weighted by molar-refractivity contribution is -0.117. The van der Waals surface area contributed by atoms with Crippen LogP contribution >= 0.6 is 0 Å². The number of likely N-dealkylation sites (tertiary alicyclic amines) is 1. The van der Waals surface area contributed by atoms with E-state index in [1.54, 1.807) is 0 Å². The third-order valence-electron chi connectivity index (χ3n) is 4.66. The van der Waals surface area contributed by atoms with Gasteiger partial charge in [0.15, 0.2) is 0 Å². The Kier molecular flexibility index (Phi) is 5.37. The average Bonchev–Trinajstić information content (AvgIpc) is 2.45. The maximum Gasteiger partial charge on any atom is 0.238 e. The van der Waals surface area contributed by atoms with Crippen LogP contribution in [0.4, 0.5) is 5.69 Å². The van der Waals surface area contributed by atoms with Crippen molar-refractivity contribution in [2.45, 2.75) is 27.2 Å². The van der Waals surface area contributed by atoms with Crippen molar-refractivity contribution in [3.8, 4) is 0 Å². The van der Waals surface area contributed by atoms with E-state index in [4.69, 9.17) is 5.73 Å². The molecular formula is C17H27N3O. The lowest BCUT2D eigenvalue weighted by Crippen LogP contribution is -2.45. The minimum atomic E-state index is 0.0589. The summed E-state index contributed by atoms with van der Waals surface area (Å²) in [7, 11) is 0. The van der Waals surface area contributed by atoms with Gasteiger partial charge in [0.25, 0.3) is 0 Å². The van der Waals surface area contributed by atoms with E-state index in [9.17, 15) is 4.79 Å². The Labute approximate surface area is 127 Å². The Bertz CT molecular complexity index is 501. The van der Waals surface area contributed by atoms with Gasteiger partial charge in [-0.05, 0) is 68.5 Å². The van der Waals surface area contributed by atoms with Gasteiger partial charge in [-0.2, -0.15) is 0 Å². The molecule has 1 fully saturated rings. The zero-order valence-corrected chi connectivity index (χ0v) is 13.4. The van der Waals surface area contributed by atoms with Gasteiger partial charge in [0.2, 0.25) is 5.91 Å². The van der Waals surface area contributed by atoms with Crippen LogP contribution in [0.1, 0.15) is 24.5 Å². The van der Waals surface area contributed by atoms with Crippen molar-refractivity contribution >= 4 is 11.6 Å². The SMILES string of the molecule is Cc1ccc(NC(=O)CN2CCC(C)C(CN)C2)cc1C. The second-order valence-corrected chi connectivity index (χ2v) is 6.34. The maximum atomic E-state index is 12.2. The van der Waals surface area contributed by atoms with Gasteiger partial charge in [0.1, 0.15) is 0 Å². The molecule has 1 aromatic carbocycles. The molecule has 2 unspecified atom stereocenters. The van der Waals surface area contributed by atoms with Crippen LogP contribution < -0.4 is 11.1 Å². The highest BCUT2D eigenvalue weighted by Crippen LogP contribution is 2.22. The van der Waals surface area contributed by atoms with Gasteiger partial charge in [-0.15, -0.1) is 0 Å². The summed E-state index contributed by atoms with van der Waals surface area (Å²) in [5.41, 5.74) is 9.13. The smallest absolute Gasteiger partial charge is 0.238 e.